The van der Waals surface area contributed by atoms with E-state index in [0.29, 0.717) is 5.75 Å². The number of hydrogen-bond donors (Lipinski definition) is 1. The van der Waals surface area contributed by atoms with Crippen LogP contribution in [0.2, 0.25) is 0 Å². The van der Waals surface area contributed by atoms with Crippen LogP contribution in [-0.2, 0) is 10.0 Å². The molecular weight excluding hydrogens is 276 g/mol. The fraction of sp³-hybridized carbons (Fsp3) is 0.571. The van der Waals surface area contributed by atoms with Crippen molar-refractivity contribution < 1.29 is 13.2 Å². The standard InChI is InChI=1S/C14H22N2O3S/c1-16(2)20(17,18)12-9-7-11(8-10-12)19-14-6-4-3-5-13(14)15/h7-10,13-14H,3-6,15H2,1-2H3. The van der Waals surface area contributed by atoms with Gasteiger partial charge in [0.2, 0.25) is 10.0 Å². The molecule has 0 radical (unpaired) electrons. The molecule has 2 unspecified atom stereocenters. The summed E-state index contributed by atoms with van der Waals surface area (Å²) in [6, 6.07) is 6.59. The SMILES string of the molecule is CN(C)S(=O)(=O)c1ccc(OC2CCCCC2N)cc1. The number of nitrogens with two attached hydrogens (primary N) is 1. The van der Waals surface area contributed by atoms with Gasteiger partial charge in [-0.05, 0) is 43.5 Å². The van der Waals surface area contributed by atoms with Gasteiger partial charge in [-0.3, -0.25) is 0 Å². The minimum atomic E-state index is -3.38. The molecule has 0 aliphatic heterocycles. The number of nitrogens with zero attached hydrogens (tertiary/aromatic N) is 1. The quantitative estimate of drug-likeness (QED) is 0.916. The van der Waals surface area contributed by atoms with E-state index in [1.807, 2.05) is 0 Å². The fourth-order valence-corrected chi connectivity index (χ4v) is 3.25. The molecular formula is C14H22N2O3S. The van der Waals surface area contributed by atoms with Crippen molar-refractivity contribution in [3.8, 4) is 5.75 Å². The van der Waals surface area contributed by atoms with E-state index >= 15 is 0 Å². The van der Waals surface area contributed by atoms with Crippen LogP contribution in [0, 0.1) is 0 Å². The molecule has 2 N–H and O–H groups in total. The summed E-state index contributed by atoms with van der Waals surface area (Å²) < 4.78 is 31.0. The zero-order chi connectivity index (χ0) is 14.8. The summed E-state index contributed by atoms with van der Waals surface area (Å²) in [5.41, 5.74) is 6.04. The van der Waals surface area contributed by atoms with Crippen LogP contribution >= 0.6 is 0 Å². The van der Waals surface area contributed by atoms with Gasteiger partial charge >= 0.3 is 0 Å². The molecule has 5 nitrogen and oxygen atoms in total. The Kier molecular flexibility index (Phi) is 4.67. The number of hydrogen-bond acceptors (Lipinski definition) is 4. The molecule has 2 atom stereocenters. The zero-order valence-electron chi connectivity index (χ0n) is 12.0. The van der Waals surface area contributed by atoms with Crippen LogP contribution in [0.5, 0.6) is 5.75 Å². The van der Waals surface area contributed by atoms with E-state index < -0.39 is 10.0 Å². The Labute approximate surface area is 120 Å². The van der Waals surface area contributed by atoms with E-state index in [1.165, 1.54) is 18.4 Å². The lowest BCUT2D eigenvalue weighted by molar-refractivity contribution is 0.132. The lowest BCUT2D eigenvalue weighted by atomic mass is 9.93. The van der Waals surface area contributed by atoms with E-state index in [4.69, 9.17) is 10.5 Å². The largest absolute Gasteiger partial charge is 0.489 e. The van der Waals surface area contributed by atoms with Crippen LogP contribution in [0.15, 0.2) is 29.2 Å². The number of sulfonamides is 1. The summed E-state index contributed by atoms with van der Waals surface area (Å²) in [5, 5.41) is 0. The molecule has 6 heteroatoms. The summed E-state index contributed by atoms with van der Waals surface area (Å²) in [7, 11) is -0.355. The van der Waals surface area contributed by atoms with E-state index in [2.05, 4.69) is 0 Å². The average molecular weight is 298 g/mol. The molecule has 1 aliphatic rings. The number of ether oxygens (including phenoxy) is 1. The fourth-order valence-electron chi connectivity index (χ4n) is 2.35. The Morgan fingerprint density at radius 3 is 2.30 bits per heavy atom. The van der Waals surface area contributed by atoms with Gasteiger partial charge in [-0.25, -0.2) is 12.7 Å². The Balaban J connectivity index is 2.09. The first-order valence-electron chi connectivity index (χ1n) is 6.86. The van der Waals surface area contributed by atoms with Crippen molar-refractivity contribution in [2.24, 2.45) is 5.73 Å². The predicted octanol–water partition coefficient (Wildman–Crippen LogP) is 1.59. The van der Waals surface area contributed by atoms with Gasteiger partial charge in [0.05, 0.1) is 4.90 Å². The molecule has 0 amide bonds. The van der Waals surface area contributed by atoms with Crippen LogP contribution in [0.4, 0.5) is 0 Å². The van der Waals surface area contributed by atoms with Crippen LogP contribution < -0.4 is 10.5 Å². The van der Waals surface area contributed by atoms with Crippen LogP contribution in [0.3, 0.4) is 0 Å². The molecule has 0 saturated heterocycles. The highest BCUT2D eigenvalue weighted by atomic mass is 32.2. The summed E-state index contributed by atoms with van der Waals surface area (Å²) in [6.45, 7) is 0. The number of rotatable bonds is 4. The first-order valence-corrected chi connectivity index (χ1v) is 8.30. The summed E-state index contributed by atoms with van der Waals surface area (Å²) in [5.74, 6) is 0.671. The Morgan fingerprint density at radius 1 is 1.15 bits per heavy atom. The molecule has 2 rings (SSSR count). The lowest BCUT2D eigenvalue weighted by Gasteiger charge is -2.29. The normalized spacial score (nSPS) is 23.8. The van der Waals surface area contributed by atoms with Crippen molar-refractivity contribution in [1.29, 1.82) is 0 Å². The topological polar surface area (TPSA) is 72.6 Å². The second kappa shape index (κ2) is 6.11. The van der Waals surface area contributed by atoms with E-state index in [-0.39, 0.29) is 17.0 Å². The first-order chi connectivity index (χ1) is 9.41. The maximum Gasteiger partial charge on any atom is 0.242 e. The highest BCUT2D eigenvalue weighted by Crippen LogP contribution is 2.24. The Hall–Kier alpha value is -1.11. The van der Waals surface area contributed by atoms with E-state index in [1.54, 1.807) is 24.3 Å². The first kappa shape index (κ1) is 15.3. The van der Waals surface area contributed by atoms with Gasteiger partial charge in [-0.2, -0.15) is 0 Å². The third-order valence-corrected chi connectivity index (χ3v) is 5.47. The highest BCUT2D eigenvalue weighted by molar-refractivity contribution is 7.89. The second-order valence-corrected chi connectivity index (χ2v) is 7.52. The van der Waals surface area contributed by atoms with Crippen LogP contribution in [0.1, 0.15) is 25.7 Å². The van der Waals surface area contributed by atoms with Crippen molar-refractivity contribution in [2.75, 3.05) is 14.1 Å². The maximum atomic E-state index is 12.0. The smallest absolute Gasteiger partial charge is 0.242 e. The van der Waals surface area contributed by atoms with Crippen LogP contribution in [0.25, 0.3) is 0 Å². The van der Waals surface area contributed by atoms with Crippen molar-refractivity contribution in [1.82, 2.24) is 4.31 Å². The molecule has 0 aromatic heterocycles. The van der Waals surface area contributed by atoms with Crippen molar-refractivity contribution in [3.63, 3.8) is 0 Å². The Bertz CT molecular complexity index is 540. The van der Waals surface area contributed by atoms with Gasteiger partial charge in [0.15, 0.2) is 0 Å². The van der Waals surface area contributed by atoms with Crippen LogP contribution in [-0.4, -0.2) is 39.0 Å². The summed E-state index contributed by atoms with van der Waals surface area (Å²) >= 11 is 0. The van der Waals surface area contributed by atoms with Gasteiger partial charge in [-0.15, -0.1) is 0 Å². The van der Waals surface area contributed by atoms with Gasteiger partial charge in [-0.1, -0.05) is 6.42 Å². The molecule has 0 heterocycles. The molecule has 0 bridgehead atoms. The highest BCUT2D eigenvalue weighted by Gasteiger charge is 2.23. The third kappa shape index (κ3) is 3.31. The van der Waals surface area contributed by atoms with E-state index in [0.717, 1.165) is 25.7 Å². The van der Waals surface area contributed by atoms with Gasteiger partial charge in [0, 0.05) is 20.1 Å². The molecule has 0 spiro atoms. The summed E-state index contributed by atoms with van der Waals surface area (Å²) in [4.78, 5) is 0.266. The van der Waals surface area contributed by atoms with Crippen molar-refractivity contribution in [2.45, 2.75) is 42.7 Å². The third-order valence-electron chi connectivity index (χ3n) is 3.64. The summed E-state index contributed by atoms with van der Waals surface area (Å²) in [6.07, 6.45) is 4.25. The van der Waals surface area contributed by atoms with Crippen molar-refractivity contribution >= 4 is 10.0 Å². The zero-order valence-corrected chi connectivity index (χ0v) is 12.8. The maximum absolute atomic E-state index is 12.0. The van der Waals surface area contributed by atoms with E-state index in [9.17, 15) is 8.42 Å². The van der Waals surface area contributed by atoms with Gasteiger partial charge < -0.3 is 10.5 Å². The predicted molar refractivity (Wildman–Crippen MR) is 78.2 cm³/mol. The molecule has 1 aromatic rings. The van der Waals surface area contributed by atoms with Gasteiger partial charge in [0.25, 0.3) is 0 Å². The second-order valence-electron chi connectivity index (χ2n) is 5.36. The number of benzene rings is 1. The molecule has 20 heavy (non-hydrogen) atoms. The minimum absolute atomic E-state index is 0.0278. The minimum Gasteiger partial charge on any atom is -0.489 e. The average Bonchev–Trinajstić information content (AvgIpc) is 2.42. The van der Waals surface area contributed by atoms with Gasteiger partial charge in [0.1, 0.15) is 11.9 Å². The Morgan fingerprint density at radius 2 is 1.75 bits per heavy atom. The molecule has 112 valence electrons. The molecule has 1 fully saturated rings. The van der Waals surface area contributed by atoms with Crippen molar-refractivity contribution in [3.05, 3.63) is 24.3 Å². The monoisotopic (exact) mass is 298 g/mol. The molecule has 1 saturated carbocycles. The molecule has 1 aliphatic carbocycles. The molecule has 1 aromatic carbocycles. The lowest BCUT2D eigenvalue weighted by Crippen LogP contribution is -2.41.